The van der Waals surface area contributed by atoms with Gasteiger partial charge in [-0.15, -0.1) is 0 Å². The molecule has 0 amide bonds. The summed E-state index contributed by atoms with van der Waals surface area (Å²) in [5.74, 6) is 0.790. The van der Waals surface area contributed by atoms with E-state index in [1.807, 2.05) is 30.4 Å². The molecule has 0 atom stereocenters. The average Bonchev–Trinajstić information content (AvgIpc) is 3.76. The van der Waals surface area contributed by atoms with Crippen LogP contribution >= 0.6 is 0 Å². The van der Waals surface area contributed by atoms with Gasteiger partial charge in [0.25, 0.3) is 0 Å². The summed E-state index contributed by atoms with van der Waals surface area (Å²) in [6, 6.07) is 52.3. The second-order valence-corrected chi connectivity index (χ2v) is 15.0. The maximum Gasteiger partial charge on any atom is 0.159 e. The van der Waals surface area contributed by atoms with Crippen molar-refractivity contribution in [1.82, 2.24) is 4.57 Å². The number of aromatic nitrogens is 1. The van der Waals surface area contributed by atoms with Crippen molar-refractivity contribution < 1.29 is 9.15 Å². The number of para-hydroxylation sites is 5. The minimum atomic E-state index is -0.264. The van der Waals surface area contributed by atoms with Crippen LogP contribution in [-0.4, -0.2) is 4.57 Å². The minimum absolute atomic E-state index is 0.264. The number of benzene rings is 7. The molecule has 0 fully saturated rings. The Morgan fingerprint density at radius 3 is 2.16 bits per heavy atom. The summed E-state index contributed by atoms with van der Waals surface area (Å²) in [4.78, 5) is 2.36. The van der Waals surface area contributed by atoms with Crippen LogP contribution < -0.4 is 9.64 Å². The van der Waals surface area contributed by atoms with Crippen LogP contribution in [0.15, 0.2) is 181 Å². The fraction of sp³-hybridized carbons (Fsp3) is 0.0588. The first-order valence-electron chi connectivity index (χ1n) is 18.8. The Hall–Kier alpha value is -7.04. The van der Waals surface area contributed by atoms with Gasteiger partial charge < -0.3 is 18.6 Å². The third kappa shape index (κ3) is 4.58. The first-order valence-corrected chi connectivity index (χ1v) is 18.8. The van der Waals surface area contributed by atoms with Gasteiger partial charge >= 0.3 is 0 Å². The van der Waals surface area contributed by atoms with Gasteiger partial charge in [0.15, 0.2) is 11.3 Å². The van der Waals surface area contributed by atoms with Gasteiger partial charge in [0.2, 0.25) is 0 Å². The quantitative estimate of drug-likeness (QED) is 0.183. The van der Waals surface area contributed by atoms with Crippen LogP contribution in [0.2, 0.25) is 0 Å². The van der Waals surface area contributed by atoms with Crippen LogP contribution in [0, 0.1) is 0 Å². The number of ether oxygens (including phenoxy) is 1. The maximum absolute atomic E-state index is 6.54. The molecule has 4 heteroatoms. The molecule has 0 bridgehead atoms. The number of rotatable bonds is 3. The Morgan fingerprint density at radius 2 is 1.24 bits per heavy atom. The number of nitrogens with zero attached hydrogens (tertiary/aromatic N) is 2. The number of furan rings is 1. The highest BCUT2D eigenvalue weighted by molar-refractivity contribution is 6.13. The lowest BCUT2D eigenvalue weighted by molar-refractivity contribution is 0.480. The molecular weight excluding hydrogens is 673 g/mol. The summed E-state index contributed by atoms with van der Waals surface area (Å²) in [7, 11) is 0. The summed E-state index contributed by atoms with van der Waals surface area (Å²) >= 11 is 0. The van der Waals surface area contributed by atoms with Crippen molar-refractivity contribution in [2.24, 2.45) is 0 Å². The standard InChI is InChI=1S/C51H36N2O2/c1-32-14-10-11-29-54-49-35(32)17-12-22-46(49)53-44-21-8-6-19-40(44)51(2,3)41-31-34(26-28-45(41)53)33-25-27-43-39(30-33)36-15-4-7-20-42(36)52(43)47-23-13-18-38-37-16-5-9-24-48(37)55-50(38)47/h4-31H,1H2,2-3H3/b14-10-,29-11-. The van der Waals surface area contributed by atoms with Crippen LogP contribution in [0.5, 0.6) is 5.75 Å². The number of hydrogen-bond donors (Lipinski definition) is 0. The van der Waals surface area contributed by atoms with Gasteiger partial charge in [-0.1, -0.05) is 124 Å². The largest absolute Gasteiger partial charge is 0.462 e. The Kier molecular flexibility index (Phi) is 6.71. The molecule has 0 saturated carbocycles. The van der Waals surface area contributed by atoms with E-state index in [0.29, 0.717) is 0 Å². The molecule has 2 aliphatic rings. The molecule has 4 heterocycles. The van der Waals surface area contributed by atoms with Gasteiger partial charge in [0, 0.05) is 32.5 Å². The zero-order valence-corrected chi connectivity index (χ0v) is 30.6. The van der Waals surface area contributed by atoms with Crippen molar-refractivity contribution >= 4 is 66.4 Å². The maximum atomic E-state index is 6.54. The number of fused-ring (bicyclic) bond motifs is 9. The lowest BCUT2D eigenvalue weighted by Crippen LogP contribution is -2.30. The zero-order chi connectivity index (χ0) is 36.8. The van der Waals surface area contributed by atoms with E-state index < -0.39 is 0 Å². The van der Waals surface area contributed by atoms with E-state index in [4.69, 9.17) is 9.15 Å². The lowest BCUT2D eigenvalue weighted by Gasteiger charge is -2.42. The molecule has 0 spiro atoms. The molecule has 7 aromatic carbocycles. The molecule has 0 N–H and O–H groups in total. The SMILES string of the molecule is C=C1/C=C\C=C/Oc2c1cccc2N1c2ccccc2C(C)(C)c2cc(-c3ccc4c(c3)c3ccccc3n4-c3cccc4c3oc3ccccc34)ccc21. The van der Waals surface area contributed by atoms with Crippen LogP contribution in [0.1, 0.15) is 30.5 Å². The molecule has 262 valence electrons. The zero-order valence-electron chi connectivity index (χ0n) is 30.6. The predicted octanol–water partition coefficient (Wildman–Crippen LogP) is 13.9. The topological polar surface area (TPSA) is 30.5 Å². The molecule has 55 heavy (non-hydrogen) atoms. The van der Waals surface area contributed by atoms with E-state index in [9.17, 15) is 0 Å². The third-order valence-electron chi connectivity index (χ3n) is 11.6. The second-order valence-electron chi connectivity index (χ2n) is 15.0. The average molecular weight is 709 g/mol. The van der Waals surface area contributed by atoms with Gasteiger partial charge in [0.1, 0.15) is 5.58 Å². The van der Waals surface area contributed by atoms with Gasteiger partial charge in [-0.05, 0) is 88.5 Å². The number of allylic oxidation sites excluding steroid dienone is 4. The smallest absolute Gasteiger partial charge is 0.159 e. The van der Waals surface area contributed by atoms with Crippen LogP contribution in [0.25, 0.3) is 66.1 Å². The molecule has 9 aromatic rings. The van der Waals surface area contributed by atoms with Gasteiger partial charge in [-0.25, -0.2) is 0 Å². The van der Waals surface area contributed by atoms with Crippen molar-refractivity contribution in [3.8, 4) is 22.6 Å². The summed E-state index contributed by atoms with van der Waals surface area (Å²) < 4.78 is 15.3. The van der Waals surface area contributed by atoms with Crippen molar-refractivity contribution in [2.45, 2.75) is 19.3 Å². The molecule has 2 aliphatic heterocycles. The summed E-state index contributed by atoms with van der Waals surface area (Å²) in [6.45, 7) is 9.03. The first-order chi connectivity index (χ1) is 27.0. The van der Waals surface area contributed by atoms with E-state index in [0.717, 1.165) is 72.6 Å². The first kappa shape index (κ1) is 31.5. The Morgan fingerprint density at radius 1 is 0.545 bits per heavy atom. The fourth-order valence-electron chi connectivity index (χ4n) is 8.95. The van der Waals surface area contributed by atoms with Crippen LogP contribution in [-0.2, 0) is 5.41 Å². The van der Waals surface area contributed by atoms with E-state index >= 15 is 0 Å². The number of anilines is 3. The second kappa shape index (κ2) is 11.7. The predicted molar refractivity (Wildman–Crippen MR) is 228 cm³/mol. The van der Waals surface area contributed by atoms with Crippen molar-refractivity contribution in [2.75, 3.05) is 4.90 Å². The van der Waals surface area contributed by atoms with Crippen molar-refractivity contribution in [3.63, 3.8) is 0 Å². The molecule has 0 unspecified atom stereocenters. The van der Waals surface area contributed by atoms with Gasteiger partial charge in [-0.2, -0.15) is 0 Å². The molecule has 0 radical (unpaired) electrons. The Labute approximate surface area is 319 Å². The van der Waals surface area contributed by atoms with E-state index in [2.05, 4.69) is 163 Å². The van der Waals surface area contributed by atoms with E-state index in [-0.39, 0.29) is 5.41 Å². The Bertz CT molecular complexity index is 3130. The molecule has 2 aromatic heterocycles. The molecule has 11 rings (SSSR count). The van der Waals surface area contributed by atoms with Crippen molar-refractivity contribution in [1.29, 1.82) is 0 Å². The molecule has 0 saturated heterocycles. The summed E-state index contributed by atoms with van der Waals surface area (Å²) in [6.07, 6.45) is 7.65. The van der Waals surface area contributed by atoms with E-state index in [1.165, 1.54) is 33.0 Å². The van der Waals surface area contributed by atoms with Crippen LogP contribution in [0.3, 0.4) is 0 Å². The normalized spacial score (nSPS) is 15.7. The molecule has 4 nitrogen and oxygen atoms in total. The van der Waals surface area contributed by atoms with Gasteiger partial charge in [0.05, 0.1) is 40.0 Å². The highest BCUT2D eigenvalue weighted by atomic mass is 16.5. The van der Waals surface area contributed by atoms with Crippen LogP contribution in [0.4, 0.5) is 17.1 Å². The highest BCUT2D eigenvalue weighted by Crippen LogP contribution is 2.55. The molecule has 0 aliphatic carbocycles. The lowest BCUT2D eigenvalue weighted by atomic mass is 9.73. The fourth-order valence-corrected chi connectivity index (χ4v) is 8.95. The monoisotopic (exact) mass is 708 g/mol. The van der Waals surface area contributed by atoms with Gasteiger partial charge in [-0.3, -0.25) is 0 Å². The summed E-state index contributed by atoms with van der Waals surface area (Å²) in [5, 5.41) is 4.66. The molecular formula is C51H36N2O2. The Balaban J connectivity index is 1.10. The highest BCUT2D eigenvalue weighted by Gasteiger charge is 2.38. The number of hydrogen-bond acceptors (Lipinski definition) is 3. The summed E-state index contributed by atoms with van der Waals surface area (Å²) in [5.41, 5.74) is 14.8. The third-order valence-corrected chi connectivity index (χ3v) is 11.6. The minimum Gasteiger partial charge on any atom is -0.462 e. The van der Waals surface area contributed by atoms with E-state index in [1.54, 1.807) is 6.26 Å². The van der Waals surface area contributed by atoms with Crippen molar-refractivity contribution in [3.05, 3.63) is 193 Å².